The van der Waals surface area contributed by atoms with Gasteiger partial charge in [-0.3, -0.25) is 0 Å². The molecule has 0 aliphatic rings. The monoisotopic (exact) mass is 259 g/mol. The van der Waals surface area contributed by atoms with Crippen LogP contribution in [-0.2, 0) is 6.54 Å². The van der Waals surface area contributed by atoms with Crippen molar-refractivity contribution in [1.82, 2.24) is 4.98 Å². The standard InChI is InChI=1S/C15H18FN3/c1-11(2)19(15-8-5-13(16)9-18-15)10-12-3-6-14(17)7-4-12/h3-9,11H,10,17H2,1-2H3. The molecule has 0 aliphatic heterocycles. The highest BCUT2D eigenvalue weighted by Gasteiger charge is 2.12. The van der Waals surface area contributed by atoms with E-state index >= 15 is 0 Å². The molecule has 2 N–H and O–H groups in total. The SMILES string of the molecule is CC(C)N(Cc1ccc(N)cc1)c1ccc(F)cn1. The van der Waals surface area contributed by atoms with Gasteiger partial charge in [-0.1, -0.05) is 12.1 Å². The fourth-order valence-corrected chi connectivity index (χ4v) is 1.89. The number of nitrogen functional groups attached to an aromatic ring is 1. The second-order valence-corrected chi connectivity index (χ2v) is 4.80. The number of hydrogen-bond acceptors (Lipinski definition) is 3. The molecule has 0 atom stereocenters. The third kappa shape index (κ3) is 3.44. The van der Waals surface area contributed by atoms with Crippen molar-refractivity contribution in [3.8, 4) is 0 Å². The summed E-state index contributed by atoms with van der Waals surface area (Å²) in [5.41, 5.74) is 7.57. The predicted molar refractivity (Wildman–Crippen MR) is 76.4 cm³/mol. The smallest absolute Gasteiger partial charge is 0.141 e. The minimum absolute atomic E-state index is 0.274. The molecule has 3 nitrogen and oxygen atoms in total. The zero-order chi connectivity index (χ0) is 13.8. The van der Waals surface area contributed by atoms with Gasteiger partial charge in [-0.15, -0.1) is 0 Å². The fourth-order valence-electron chi connectivity index (χ4n) is 1.89. The van der Waals surface area contributed by atoms with Crippen LogP contribution in [-0.4, -0.2) is 11.0 Å². The van der Waals surface area contributed by atoms with E-state index in [1.165, 1.54) is 12.3 Å². The van der Waals surface area contributed by atoms with Gasteiger partial charge in [-0.05, 0) is 43.7 Å². The van der Waals surface area contributed by atoms with Crippen molar-refractivity contribution < 1.29 is 4.39 Å². The van der Waals surface area contributed by atoms with Crippen molar-refractivity contribution in [1.29, 1.82) is 0 Å². The Balaban J connectivity index is 2.21. The van der Waals surface area contributed by atoms with Gasteiger partial charge >= 0.3 is 0 Å². The third-order valence-electron chi connectivity index (χ3n) is 2.96. The number of rotatable bonds is 4. The van der Waals surface area contributed by atoms with E-state index in [0.717, 1.165) is 23.6 Å². The number of aromatic nitrogens is 1. The Hall–Kier alpha value is -2.10. The van der Waals surface area contributed by atoms with Crippen molar-refractivity contribution in [2.45, 2.75) is 26.4 Å². The van der Waals surface area contributed by atoms with Crippen LogP contribution in [0.2, 0.25) is 0 Å². The number of halogens is 1. The van der Waals surface area contributed by atoms with Crippen molar-refractivity contribution in [2.24, 2.45) is 0 Å². The highest BCUT2D eigenvalue weighted by atomic mass is 19.1. The molecule has 0 bridgehead atoms. The molecular formula is C15H18FN3. The van der Waals surface area contributed by atoms with E-state index in [-0.39, 0.29) is 11.9 Å². The summed E-state index contributed by atoms with van der Waals surface area (Å²) >= 11 is 0. The van der Waals surface area contributed by atoms with E-state index in [1.54, 1.807) is 6.07 Å². The molecule has 100 valence electrons. The third-order valence-corrected chi connectivity index (χ3v) is 2.96. The minimum Gasteiger partial charge on any atom is -0.399 e. The van der Waals surface area contributed by atoms with E-state index in [2.05, 4.69) is 23.7 Å². The average molecular weight is 259 g/mol. The minimum atomic E-state index is -0.319. The summed E-state index contributed by atoms with van der Waals surface area (Å²) in [6, 6.07) is 11.2. The second kappa shape index (κ2) is 5.69. The van der Waals surface area contributed by atoms with Crippen LogP contribution in [0.15, 0.2) is 42.6 Å². The molecule has 0 fully saturated rings. The second-order valence-electron chi connectivity index (χ2n) is 4.80. The summed E-state index contributed by atoms with van der Waals surface area (Å²) in [4.78, 5) is 6.26. The molecule has 2 rings (SSSR count). The van der Waals surface area contributed by atoms with Gasteiger partial charge in [-0.25, -0.2) is 9.37 Å². The van der Waals surface area contributed by atoms with Gasteiger partial charge in [0, 0.05) is 18.3 Å². The van der Waals surface area contributed by atoms with Crippen LogP contribution >= 0.6 is 0 Å². The van der Waals surface area contributed by atoms with E-state index < -0.39 is 0 Å². The van der Waals surface area contributed by atoms with Gasteiger partial charge in [-0.2, -0.15) is 0 Å². The van der Waals surface area contributed by atoms with Crippen LogP contribution in [0.25, 0.3) is 0 Å². The first-order valence-electron chi connectivity index (χ1n) is 6.29. The largest absolute Gasteiger partial charge is 0.399 e. The Kier molecular flexibility index (Phi) is 4.00. The summed E-state index contributed by atoms with van der Waals surface area (Å²) in [5.74, 6) is 0.452. The first-order valence-corrected chi connectivity index (χ1v) is 6.29. The molecule has 2 aromatic rings. The maximum absolute atomic E-state index is 12.9. The van der Waals surface area contributed by atoms with E-state index in [4.69, 9.17) is 5.73 Å². The van der Waals surface area contributed by atoms with E-state index in [1.807, 2.05) is 24.3 Å². The van der Waals surface area contributed by atoms with Gasteiger partial charge in [0.2, 0.25) is 0 Å². The molecule has 1 aromatic carbocycles. The van der Waals surface area contributed by atoms with Crippen LogP contribution in [0.1, 0.15) is 19.4 Å². The lowest BCUT2D eigenvalue weighted by atomic mass is 10.1. The van der Waals surface area contributed by atoms with Crippen LogP contribution in [0.5, 0.6) is 0 Å². The average Bonchev–Trinajstić information content (AvgIpc) is 2.39. The Morgan fingerprint density at radius 1 is 1.16 bits per heavy atom. The van der Waals surface area contributed by atoms with Crippen molar-refractivity contribution >= 4 is 11.5 Å². The molecule has 1 aromatic heterocycles. The lowest BCUT2D eigenvalue weighted by Gasteiger charge is -2.28. The first kappa shape index (κ1) is 13.3. The number of nitrogens with zero attached hydrogens (tertiary/aromatic N) is 2. The Morgan fingerprint density at radius 3 is 2.37 bits per heavy atom. The normalized spacial score (nSPS) is 10.7. The number of pyridine rings is 1. The van der Waals surface area contributed by atoms with Gasteiger partial charge in [0.15, 0.2) is 0 Å². The van der Waals surface area contributed by atoms with Crippen molar-refractivity contribution in [2.75, 3.05) is 10.6 Å². The molecule has 0 spiro atoms. The topological polar surface area (TPSA) is 42.1 Å². The molecule has 1 heterocycles. The maximum Gasteiger partial charge on any atom is 0.141 e. The summed E-state index contributed by atoms with van der Waals surface area (Å²) < 4.78 is 12.9. The lowest BCUT2D eigenvalue weighted by Crippen LogP contribution is -2.30. The van der Waals surface area contributed by atoms with Gasteiger partial charge in [0.05, 0.1) is 6.20 Å². The molecule has 19 heavy (non-hydrogen) atoms. The van der Waals surface area contributed by atoms with Crippen LogP contribution < -0.4 is 10.6 Å². The molecule has 0 aliphatic carbocycles. The molecular weight excluding hydrogens is 241 g/mol. The zero-order valence-corrected chi connectivity index (χ0v) is 11.2. The molecule has 0 saturated heterocycles. The van der Waals surface area contributed by atoms with Crippen LogP contribution in [0, 0.1) is 5.82 Å². The predicted octanol–water partition coefficient (Wildman–Crippen LogP) is 3.22. The first-order chi connectivity index (χ1) is 9.06. The van der Waals surface area contributed by atoms with Gasteiger partial charge in [0.25, 0.3) is 0 Å². The molecule has 0 radical (unpaired) electrons. The van der Waals surface area contributed by atoms with Crippen molar-refractivity contribution in [3.63, 3.8) is 0 Å². The fraction of sp³-hybridized carbons (Fsp3) is 0.267. The summed E-state index contributed by atoms with van der Waals surface area (Å²) in [6.45, 7) is 4.89. The van der Waals surface area contributed by atoms with Crippen LogP contribution in [0.4, 0.5) is 15.9 Å². The van der Waals surface area contributed by atoms with Crippen LogP contribution in [0.3, 0.4) is 0 Å². The van der Waals surface area contributed by atoms with Gasteiger partial charge < -0.3 is 10.6 Å². The highest BCUT2D eigenvalue weighted by molar-refractivity contribution is 5.43. The zero-order valence-electron chi connectivity index (χ0n) is 11.2. The van der Waals surface area contributed by atoms with Gasteiger partial charge in [0.1, 0.15) is 11.6 Å². The Morgan fingerprint density at radius 2 is 1.84 bits per heavy atom. The number of nitrogens with two attached hydrogens (primary N) is 1. The Bertz CT molecular complexity index is 520. The number of benzene rings is 1. The van der Waals surface area contributed by atoms with Crippen molar-refractivity contribution in [3.05, 3.63) is 54.0 Å². The maximum atomic E-state index is 12.9. The summed E-state index contributed by atoms with van der Waals surface area (Å²) in [6.07, 6.45) is 1.24. The Labute approximate surface area is 112 Å². The van der Waals surface area contributed by atoms with E-state index in [9.17, 15) is 4.39 Å². The number of anilines is 2. The summed E-state index contributed by atoms with van der Waals surface area (Å²) in [5, 5.41) is 0. The van der Waals surface area contributed by atoms with E-state index in [0.29, 0.717) is 0 Å². The quantitative estimate of drug-likeness (QED) is 0.857. The highest BCUT2D eigenvalue weighted by Crippen LogP contribution is 2.18. The molecule has 0 amide bonds. The molecule has 4 heteroatoms. The summed E-state index contributed by atoms with van der Waals surface area (Å²) in [7, 11) is 0. The number of hydrogen-bond donors (Lipinski definition) is 1. The molecule has 0 saturated carbocycles. The molecule has 0 unspecified atom stereocenters. The lowest BCUT2D eigenvalue weighted by molar-refractivity contribution is 0.616.